The Bertz CT molecular complexity index is 1750. The van der Waals surface area contributed by atoms with E-state index in [1.165, 1.54) is 6.07 Å². The first-order valence-corrected chi connectivity index (χ1v) is 11.9. The van der Waals surface area contributed by atoms with Gasteiger partial charge in [0.25, 0.3) is 15.9 Å². The van der Waals surface area contributed by atoms with Gasteiger partial charge in [-0.3, -0.25) is 9.12 Å². The maximum atomic E-state index is 12.9. The van der Waals surface area contributed by atoms with E-state index in [9.17, 15) is 8.42 Å². The second-order valence-corrected chi connectivity index (χ2v) is 9.23. The molecule has 6 aromatic rings. The van der Waals surface area contributed by atoms with Crippen molar-refractivity contribution in [2.24, 2.45) is 0 Å². The van der Waals surface area contributed by atoms with Crippen molar-refractivity contribution in [1.29, 1.82) is 0 Å². The van der Waals surface area contributed by atoms with Crippen LogP contribution < -0.4 is 9.46 Å². The molecular weight excluding hydrogens is 462 g/mol. The molecule has 3 heterocycles. The van der Waals surface area contributed by atoms with E-state index < -0.39 is 10.0 Å². The second-order valence-electron chi connectivity index (χ2n) is 7.05. The van der Waals surface area contributed by atoms with Crippen LogP contribution in [-0.4, -0.2) is 36.7 Å². The Balaban J connectivity index is 1.29. The van der Waals surface area contributed by atoms with Gasteiger partial charge in [0.2, 0.25) is 5.65 Å². The molecule has 0 aliphatic carbocycles. The van der Waals surface area contributed by atoms with Gasteiger partial charge in [0.1, 0.15) is 28.0 Å². The van der Waals surface area contributed by atoms with Crippen molar-refractivity contribution in [3.63, 3.8) is 0 Å². The maximum Gasteiger partial charge on any atom is 0.266 e. The summed E-state index contributed by atoms with van der Waals surface area (Å²) in [6.45, 7) is 0. The van der Waals surface area contributed by atoms with Crippen molar-refractivity contribution in [2.45, 2.75) is 4.90 Å². The molecule has 0 aliphatic heterocycles. The lowest BCUT2D eigenvalue weighted by atomic mass is 10.3. The van der Waals surface area contributed by atoms with Crippen LogP contribution in [0.5, 0.6) is 11.6 Å². The predicted molar refractivity (Wildman–Crippen MR) is 123 cm³/mol. The predicted octanol–water partition coefficient (Wildman–Crippen LogP) is 3.88. The molecule has 0 atom stereocenters. The van der Waals surface area contributed by atoms with Gasteiger partial charge < -0.3 is 4.74 Å². The van der Waals surface area contributed by atoms with Gasteiger partial charge in [-0.1, -0.05) is 18.2 Å². The first-order valence-electron chi connectivity index (χ1n) is 9.69. The fraction of sp³-hybridized carbons (Fsp3) is 0. The fourth-order valence-electron chi connectivity index (χ4n) is 3.46. The average molecular weight is 476 g/mol. The summed E-state index contributed by atoms with van der Waals surface area (Å²) in [5.74, 6) is 0.763. The minimum absolute atomic E-state index is 0.0728. The third-order valence-electron chi connectivity index (χ3n) is 4.96. The highest BCUT2D eigenvalue weighted by molar-refractivity contribution is 7.93. The van der Waals surface area contributed by atoms with Crippen LogP contribution in [0.3, 0.4) is 0 Å². The Morgan fingerprint density at radius 3 is 2.61 bits per heavy atom. The fourth-order valence-corrected chi connectivity index (χ4v) is 5.28. The minimum Gasteiger partial charge on any atom is -0.436 e. The quantitative estimate of drug-likeness (QED) is 0.398. The lowest BCUT2D eigenvalue weighted by Crippen LogP contribution is -2.13. The van der Waals surface area contributed by atoms with Gasteiger partial charge in [-0.25, -0.2) is 13.4 Å². The number of benzene rings is 3. The standard InChI is InChI=1S/C21H13N7O3S2/c29-33(30,18-7-3-5-16-19(18)26-32-25-16)27-13-8-10-14(11-9-13)31-21-20-24-22-12-28(20)17-6-2-1-4-15(17)23-21/h1-12,27H. The molecule has 0 bridgehead atoms. The van der Waals surface area contributed by atoms with Crippen LogP contribution >= 0.6 is 11.7 Å². The van der Waals surface area contributed by atoms with E-state index in [-0.39, 0.29) is 4.90 Å². The summed E-state index contributed by atoms with van der Waals surface area (Å²) in [7, 11) is -3.85. The summed E-state index contributed by atoms with van der Waals surface area (Å²) in [5.41, 5.74) is 3.32. The maximum absolute atomic E-state index is 12.9. The van der Waals surface area contributed by atoms with Gasteiger partial charge in [-0.05, 0) is 48.5 Å². The lowest BCUT2D eigenvalue weighted by Gasteiger charge is -2.10. The number of aromatic nitrogens is 6. The Morgan fingerprint density at radius 1 is 0.909 bits per heavy atom. The third-order valence-corrected chi connectivity index (χ3v) is 6.92. The highest BCUT2D eigenvalue weighted by Crippen LogP contribution is 2.28. The zero-order valence-corrected chi connectivity index (χ0v) is 18.3. The van der Waals surface area contributed by atoms with Crippen LogP contribution in [0.1, 0.15) is 0 Å². The molecule has 0 spiro atoms. The Labute approximate surface area is 190 Å². The molecule has 0 saturated heterocycles. The second kappa shape index (κ2) is 7.46. The molecule has 12 heteroatoms. The number of para-hydroxylation sites is 2. The topological polar surface area (TPSA) is 124 Å². The minimum atomic E-state index is -3.85. The van der Waals surface area contributed by atoms with Gasteiger partial charge in [0, 0.05) is 5.69 Å². The van der Waals surface area contributed by atoms with Gasteiger partial charge in [0.05, 0.1) is 22.8 Å². The molecule has 0 saturated carbocycles. The molecule has 0 aliphatic rings. The zero-order chi connectivity index (χ0) is 22.4. The molecule has 0 radical (unpaired) electrons. The molecule has 3 aromatic carbocycles. The van der Waals surface area contributed by atoms with Crippen LogP contribution in [0, 0.1) is 0 Å². The average Bonchev–Trinajstić information content (AvgIpc) is 3.50. The summed E-state index contributed by atoms with van der Waals surface area (Å²) in [4.78, 5) is 4.62. The summed E-state index contributed by atoms with van der Waals surface area (Å²) < 4.78 is 44.3. The number of hydrogen-bond acceptors (Lipinski definition) is 9. The molecule has 162 valence electrons. The molecule has 0 unspecified atom stereocenters. The van der Waals surface area contributed by atoms with Crippen LogP contribution in [0.4, 0.5) is 5.69 Å². The number of nitrogens with zero attached hydrogens (tertiary/aromatic N) is 6. The third kappa shape index (κ3) is 3.41. The molecule has 10 nitrogen and oxygen atoms in total. The summed E-state index contributed by atoms with van der Waals surface area (Å²) in [6.07, 6.45) is 1.60. The number of hydrogen-bond donors (Lipinski definition) is 1. The number of fused-ring (bicyclic) bond motifs is 4. The molecule has 33 heavy (non-hydrogen) atoms. The van der Waals surface area contributed by atoms with E-state index in [4.69, 9.17) is 4.74 Å². The Morgan fingerprint density at radius 2 is 1.73 bits per heavy atom. The first-order chi connectivity index (χ1) is 16.1. The van der Waals surface area contributed by atoms with Crippen LogP contribution in [0.2, 0.25) is 0 Å². The highest BCUT2D eigenvalue weighted by atomic mass is 32.2. The van der Waals surface area contributed by atoms with Gasteiger partial charge in [0.15, 0.2) is 0 Å². The lowest BCUT2D eigenvalue weighted by molar-refractivity contribution is 0.467. The van der Waals surface area contributed by atoms with Crippen molar-refractivity contribution < 1.29 is 13.2 Å². The summed E-state index contributed by atoms with van der Waals surface area (Å²) in [5, 5.41) is 8.07. The number of rotatable bonds is 5. The first kappa shape index (κ1) is 19.5. The van der Waals surface area contributed by atoms with Gasteiger partial charge in [-0.15, -0.1) is 10.2 Å². The molecular formula is C21H13N7O3S2. The molecule has 3 aromatic heterocycles. The van der Waals surface area contributed by atoms with E-state index in [1.54, 1.807) is 47.1 Å². The number of sulfonamides is 1. The molecule has 6 rings (SSSR count). The summed E-state index contributed by atoms with van der Waals surface area (Å²) >= 11 is 0.968. The molecule has 0 fully saturated rings. The number of anilines is 1. The largest absolute Gasteiger partial charge is 0.436 e. The van der Waals surface area contributed by atoms with Crippen molar-refractivity contribution in [3.8, 4) is 11.6 Å². The van der Waals surface area contributed by atoms with Gasteiger partial charge >= 0.3 is 0 Å². The van der Waals surface area contributed by atoms with E-state index >= 15 is 0 Å². The highest BCUT2D eigenvalue weighted by Gasteiger charge is 2.20. The van der Waals surface area contributed by atoms with Crippen molar-refractivity contribution in [3.05, 3.63) is 73.1 Å². The monoisotopic (exact) mass is 475 g/mol. The van der Waals surface area contributed by atoms with E-state index in [0.717, 1.165) is 22.8 Å². The summed E-state index contributed by atoms with van der Waals surface area (Å²) in [6, 6.07) is 19.0. The van der Waals surface area contributed by atoms with Crippen LogP contribution in [-0.2, 0) is 10.0 Å². The van der Waals surface area contributed by atoms with Crippen LogP contribution in [0.15, 0.2) is 78.0 Å². The van der Waals surface area contributed by atoms with Crippen molar-refractivity contribution >= 4 is 55.2 Å². The normalized spacial score (nSPS) is 11.9. The van der Waals surface area contributed by atoms with Crippen LogP contribution in [0.25, 0.3) is 27.7 Å². The SMILES string of the molecule is O=S(=O)(Nc1ccc(Oc2nc3ccccc3n3cnnc23)cc1)c1cccc2nsnc12. The smallest absolute Gasteiger partial charge is 0.266 e. The van der Waals surface area contributed by atoms with Gasteiger partial charge in [-0.2, -0.15) is 8.75 Å². The Kier molecular flexibility index (Phi) is 4.41. The number of nitrogens with one attached hydrogen (secondary N) is 1. The number of ether oxygens (including phenoxy) is 1. The van der Waals surface area contributed by atoms with Crippen molar-refractivity contribution in [2.75, 3.05) is 4.72 Å². The molecule has 1 N–H and O–H groups in total. The molecule has 0 amide bonds. The van der Waals surface area contributed by atoms with E-state index in [0.29, 0.717) is 34.0 Å². The van der Waals surface area contributed by atoms with E-state index in [2.05, 4.69) is 28.7 Å². The zero-order valence-electron chi connectivity index (χ0n) is 16.7. The van der Waals surface area contributed by atoms with E-state index in [1.807, 2.05) is 24.3 Å². The Hall–Kier alpha value is -4.16. The van der Waals surface area contributed by atoms with Crippen molar-refractivity contribution in [1.82, 2.24) is 28.3 Å².